The Morgan fingerprint density at radius 2 is 1.89 bits per heavy atom. The van der Waals surface area contributed by atoms with Crippen LogP contribution in [0.1, 0.15) is 22.8 Å². The van der Waals surface area contributed by atoms with Crippen molar-refractivity contribution in [2.24, 2.45) is 0 Å². The number of rotatable bonds is 4. The van der Waals surface area contributed by atoms with Crippen LogP contribution in [0.5, 0.6) is 11.5 Å². The second-order valence-corrected chi connectivity index (χ2v) is 4.02. The number of carboxylic acids is 1. The van der Waals surface area contributed by atoms with E-state index in [4.69, 9.17) is 9.84 Å². The lowest BCUT2D eigenvalue weighted by atomic mass is 10.1. The largest absolute Gasteiger partial charge is 0.477 e. The van der Waals surface area contributed by atoms with Gasteiger partial charge in [0.2, 0.25) is 0 Å². The van der Waals surface area contributed by atoms with Gasteiger partial charge in [-0.3, -0.25) is 0 Å². The Bertz CT molecular complexity index is 591. The standard InChI is InChI=1S/C15H13FO3/c1-2-10-6-8-11(9-7-10)19-13-5-3-4-12(16)14(13)15(17)18/h3-9H,2H2,1H3,(H,17,18). The van der Waals surface area contributed by atoms with E-state index in [-0.39, 0.29) is 5.75 Å². The zero-order valence-electron chi connectivity index (χ0n) is 10.4. The van der Waals surface area contributed by atoms with Crippen LogP contribution in [0.25, 0.3) is 0 Å². The molecule has 0 unspecified atom stereocenters. The zero-order chi connectivity index (χ0) is 13.8. The molecule has 98 valence electrons. The fourth-order valence-corrected chi connectivity index (χ4v) is 1.72. The van der Waals surface area contributed by atoms with E-state index in [2.05, 4.69) is 0 Å². The summed E-state index contributed by atoms with van der Waals surface area (Å²) in [6.45, 7) is 2.03. The number of aryl methyl sites for hydroxylation is 1. The molecule has 0 bridgehead atoms. The van der Waals surface area contributed by atoms with Crippen LogP contribution in [0.4, 0.5) is 4.39 Å². The van der Waals surface area contributed by atoms with Gasteiger partial charge in [-0.25, -0.2) is 9.18 Å². The van der Waals surface area contributed by atoms with Gasteiger partial charge in [0.1, 0.15) is 22.9 Å². The van der Waals surface area contributed by atoms with Crippen molar-refractivity contribution in [2.75, 3.05) is 0 Å². The Balaban J connectivity index is 2.32. The molecule has 0 fully saturated rings. The summed E-state index contributed by atoms with van der Waals surface area (Å²) in [5.41, 5.74) is 0.687. The van der Waals surface area contributed by atoms with Crippen molar-refractivity contribution in [3.63, 3.8) is 0 Å². The highest BCUT2D eigenvalue weighted by Gasteiger charge is 2.17. The molecule has 0 saturated heterocycles. The molecule has 0 heterocycles. The summed E-state index contributed by atoms with van der Waals surface area (Å²) in [5, 5.41) is 8.99. The molecular formula is C15H13FO3. The van der Waals surface area contributed by atoms with Crippen molar-refractivity contribution in [3.8, 4) is 11.5 Å². The number of aromatic carboxylic acids is 1. The van der Waals surface area contributed by atoms with E-state index in [1.165, 1.54) is 12.1 Å². The number of benzene rings is 2. The van der Waals surface area contributed by atoms with Crippen LogP contribution >= 0.6 is 0 Å². The third-order valence-electron chi connectivity index (χ3n) is 2.75. The lowest BCUT2D eigenvalue weighted by Crippen LogP contribution is -2.03. The van der Waals surface area contributed by atoms with Crippen molar-refractivity contribution in [3.05, 3.63) is 59.4 Å². The second-order valence-electron chi connectivity index (χ2n) is 4.02. The molecule has 19 heavy (non-hydrogen) atoms. The summed E-state index contributed by atoms with van der Waals surface area (Å²) in [4.78, 5) is 11.0. The van der Waals surface area contributed by atoms with Crippen molar-refractivity contribution in [2.45, 2.75) is 13.3 Å². The fraction of sp³-hybridized carbons (Fsp3) is 0.133. The zero-order valence-corrected chi connectivity index (χ0v) is 10.4. The number of halogens is 1. The first-order valence-corrected chi connectivity index (χ1v) is 5.90. The van der Waals surface area contributed by atoms with Gasteiger partial charge in [0.25, 0.3) is 0 Å². The number of hydrogen-bond donors (Lipinski definition) is 1. The predicted octanol–water partition coefficient (Wildman–Crippen LogP) is 3.88. The predicted molar refractivity (Wildman–Crippen MR) is 69.3 cm³/mol. The molecule has 3 nitrogen and oxygen atoms in total. The molecular weight excluding hydrogens is 247 g/mol. The highest BCUT2D eigenvalue weighted by Crippen LogP contribution is 2.27. The van der Waals surface area contributed by atoms with Gasteiger partial charge >= 0.3 is 5.97 Å². The monoisotopic (exact) mass is 260 g/mol. The average molecular weight is 260 g/mol. The van der Waals surface area contributed by atoms with E-state index < -0.39 is 17.3 Å². The first-order chi connectivity index (χ1) is 9.11. The Hall–Kier alpha value is -2.36. The highest BCUT2D eigenvalue weighted by atomic mass is 19.1. The molecule has 4 heteroatoms. The first kappa shape index (κ1) is 13.1. The summed E-state index contributed by atoms with van der Waals surface area (Å²) in [5.74, 6) is -1.68. The van der Waals surface area contributed by atoms with Gasteiger partial charge in [-0.2, -0.15) is 0 Å². The third-order valence-corrected chi connectivity index (χ3v) is 2.75. The molecule has 2 aromatic carbocycles. The highest BCUT2D eigenvalue weighted by molar-refractivity contribution is 5.91. The van der Waals surface area contributed by atoms with Gasteiger partial charge in [0.05, 0.1) is 0 Å². The molecule has 0 saturated carbocycles. The maximum absolute atomic E-state index is 13.5. The molecule has 0 spiro atoms. The van der Waals surface area contributed by atoms with Crippen LogP contribution in [0.15, 0.2) is 42.5 Å². The average Bonchev–Trinajstić information content (AvgIpc) is 2.39. The maximum Gasteiger partial charge on any atom is 0.342 e. The number of hydrogen-bond acceptors (Lipinski definition) is 2. The minimum absolute atomic E-state index is 0.00301. The Kier molecular flexibility index (Phi) is 3.80. The number of carboxylic acid groups (broad SMARTS) is 1. The second kappa shape index (κ2) is 5.52. The van der Waals surface area contributed by atoms with Crippen LogP contribution in [-0.2, 0) is 6.42 Å². The van der Waals surface area contributed by atoms with E-state index in [0.29, 0.717) is 5.75 Å². The molecule has 0 atom stereocenters. The van der Waals surface area contributed by atoms with E-state index >= 15 is 0 Å². The van der Waals surface area contributed by atoms with Crippen LogP contribution in [0, 0.1) is 5.82 Å². The minimum Gasteiger partial charge on any atom is -0.477 e. The summed E-state index contributed by atoms with van der Waals surface area (Å²) in [7, 11) is 0. The maximum atomic E-state index is 13.5. The van der Waals surface area contributed by atoms with Crippen LogP contribution in [-0.4, -0.2) is 11.1 Å². The topological polar surface area (TPSA) is 46.5 Å². The lowest BCUT2D eigenvalue weighted by molar-refractivity contribution is 0.0689. The van der Waals surface area contributed by atoms with Gasteiger partial charge < -0.3 is 9.84 Å². The molecule has 0 radical (unpaired) electrons. The van der Waals surface area contributed by atoms with Crippen molar-refractivity contribution in [1.29, 1.82) is 0 Å². The molecule has 0 amide bonds. The normalized spacial score (nSPS) is 10.2. The molecule has 1 N–H and O–H groups in total. The summed E-state index contributed by atoms with van der Waals surface area (Å²) >= 11 is 0. The molecule has 0 aromatic heterocycles. The minimum atomic E-state index is -1.35. The third kappa shape index (κ3) is 2.91. The number of carbonyl (C=O) groups is 1. The molecule has 0 aliphatic heterocycles. The molecule has 0 aliphatic rings. The molecule has 0 aliphatic carbocycles. The van der Waals surface area contributed by atoms with Crippen molar-refractivity contribution < 1.29 is 19.0 Å². The van der Waals surface area contributed by atoms with E-state index in [1.807, 2.05) is 19.1 Å². The Morgan fingerprint density at radius 1 is 1.21 bits per heavy atom. The Morgan fingerprint density at radius 3 is 2.47 bits per heavy atom. The van der Waals surface area contributed by atoms with Crippen LogP contribution in [0.3, 0.4) is 0 Å². The van der Waals surface area contributed by atoms with Gasteiger partial charge in [0.15, 0.2) is 0 Å². The summed E-state index contributed by atoms with van der Waals surface area (Å²) in [6, 6.07) is 11.2. The SMILES string of the molecule is CCc1ccc(Oc2cccc(F)c2C(=O)O)cc1. The summed E-state index contributed by atoms with van der Waals surface area (Å²) in [6.07, 6.45) is 0.903. The van der Waals surface area contributed by atoms with Gasteiger partial charge in [-0.05, 0) is 36.2 Å². The molecule has 2 aromatic rings. The van der Waals surface area contributed by atoms with Crippen LogP contribution < -0.4 is 4.74 Å². The van der Waals surface area contributed by atoms with Crippen molar-refractivity contribution in [1.82, 2.24) is 0 Å². The summed E-state index contributed by atoms with van der Waals surface area (Å²) < 4.78 is 18.9. The van der Waals surface area contributed by atoms with Crippen LogP contribution in [0.2, 0.25) is 0 Å². The lowest BCUT2D eigenvalue weighted by Gasteiger charge is -2.09. The number of ether oxygens (including phenoxy) is 1. The van der Waals surface area contributed by atoms with Gasteiger partial charge in [-0.1, -0.05) is 25.1 Å². The van der Waals surface area contributed by atoms with E-state index in [9.17, 15) is 9.18 Å². The quantitative estimate of drug-likeness (QED) is 0.907. The molecule has 2 rings (SSSR count). The first-order valence-electron chi connectivity index (χ1n) is 5.90. The van der Waals surface area contributed by atoms with Gasteiger partial charge in [0, 0.05) is 0 Å². The van der Waals surface area contributed by atoms with E-state index in [1.54, 1.807) is 12.1 Å². The Labute approximate surface area is 110 Å². The van der Waals surface area contributed by atoms with E-state index in [0.717, 1.165) is 18.1 Å². The fourth-order valence-electron chi connectivity index (χ4n) is 1.72. The smallest absolute Gasteiger partial charge is 0.342 e. The van der Waals surface area contributed by atoms with Gasteiger partial charge in [-0.15, -0.1) is 0 Å². The van der Waals surface area contributed by atoms with Crippen molar-refractivity contribution >= 4 is 5.97 Å².